The van der Waals surface area contributed by atoms with Gasteiger partial charge in [0.15, 0.2) is 0 Å². The number of hydrogen-bond donors (Lipinski definition) is 1. The summed E-state index contributed by atoms with van der Waals surface area (Å²) < 4.78 is 0. The minimum Gasteiger partial charge on any atom is -0.382 e. The first kappa shape index (κ1) is 9.29. The Labute approximate surface area is 77.1 Å². The van der Waals surface area contributed by atoms with Gasteiger partial charge >= 0.3 is 0 Å². The van der Waals surface area contributed by atoms with Crippen molar-refractivity contribution < 1.29 is 0 Å². The van der Waals surface area contributed by atoms with E-state index >= 15 is 0 Å². The number of rotatable bonds is 2. The van der Waals surface area contributed by atoms with Gasteiger partial charge in [-0.1, -0.05) is 11.6 Å². The van der Waals surface area contributed by atoms with Crippen molar-refractivity contribution in [2.75, 3.05) is 19.8 Å². The van der Waals surface area contributed by atoms with E-state index in [1.807, 2.05) is 25.1 Å². The number of anilines is 1. The molecule has 0 aromatic carbocycles. The van der Waals surface area contributed by atoms with Gasteiger partial charge in [-0.25, -0.2) is 4.98 Å². The summed E-state index contributed by atoms with van der Waals surface area (Å²) in [7, 11) is 3.96. The third-order valence-corrected chi connectivity index (χ3v) is 1.92. The van der Waals surface area contributed by atoms with Crippen molar-refractivity contribution in [2.24, 2.45) is 0 Å². The summed E-state index contributed by atoms with van der Waals surface area (Å²) in [6.07, 6.45) is 1.67. The summed E-state index contributed by atoms with van der Waals surface area (Å²) in [5.41, 5.74) is 6.54. The van der Waals surface area contributed by atoms with E-state index in [1.165, 1.54) is 0 Å². The summed E-state index contributed by atoms with van der Waals surface area (Å²) in [6.45, 7) is 0.783. The molecule has 0 aliphatic carbocycles. The SMILES string of the molecule is CN(C)Cc1ccnc(N)c1Cl. The van der Waals surface area contributed by atoms with E-state index in [2.05, 4.69) is 4.98 Å². The van der Waals surface area contributed by atoms with Gasteiger partial charge in [-0.2, -0.15) is 0 Å². The standard InChI is InChI=1S/C8H12ClN3/c1-12(2)5-6-3-4-11-8(10)7(6)9/h3-4H,5H2,1-2H3,(H2,10,11). The average Bonchev–Trinajstić information content (AvgIpc) is 1.98. The molecule has 0 fully saturated rings. The van der Waals surface area contributed by atoms with Gasteiger partial charge in [0.05, 0.1) is 5.02 Å². The summed E-state index contributed by atoms with van der Waals surface area (Å²) in [6, 6.07) is 1.87. The Morgan fingerprint density at radius 2 is 2.25 bits per heavy atom. The van der Waals surface area contributed by atoms with Gasteiger partial charge < -0.3 is 10.6 Å². The Balaban J connectivity index is 2.92. The Kier molecular flexibility index (Phi) is 2.89. The molecule has 12 heavy (non-hydrogen) atoms. The van der Waals surface area contributed by atoms with Crippen LogP contribution in [-0.4, -0.2) is 24.0 Å². The van der Waals surface area contributed by atoms with Crippen LogP contribution in [0, 0.1) is 0 Å². The smallest absolute Gasteiger partial charge is 0.142 e. The minimum atomic E-state index is 0.399. The first-order valence-electron chi connectivity index (χ1n) is 3.65. The lowest BCUT2D eigenvalue weighted by Gasteiger charge is -2.11. The van der Waals surface area contributed by atoms with Gasteiger partial charge in [-0.05, 0) is 25.7 Å². The zero-order chi connectivity index (χ0) is 9.14. The molecule has 0 radical (unpaired) electrons. The molecular weight excluding hydrogens is 174 g/mol. The van der Waals surface area contributed by atoms with Crippen LogP contribution in [0.25, 0.3) is 0 Å². The molecule has 1 aromatic heterocycles. The highest BCUT2D eigenvalue weighted by atomic mass is 35.5. The Bertz CT molecular complexity index is 273. The summed E-state index contributed by atoms with van der Waals surface area (Å²) in [5.74, 6) is 0.399. The molecule has 0 aliphatic rings. The van der Waals surface area contributed by atoms with E-state index in [0.717, 1.165) is 12.1 Å². The first-order valence-corrected chi connectivity index (χ1v) is 4.02. The third-order valence-electron chi connectivity index (χ3n) is 1.48. The average molecular weight is 186 g/mol. The fourth-order valence-electron chi connectivity index (χ4n) is 0.965. The third kappa shape index (κ3) is 2.09. The van der Waals surface area contributed by atoms with Crippen LogP contribution in [0.2, 0.25) is 5.02 Å². The van der Waals surface area contributed by atoms with Gasteiger partial charge in [0.1, 0.15) is 5.82 Å². The van der Waals surface area contributed by atoms with Crippen LogP contribution in [0.1, 0.15) is 5.56 Å². The van der Waals surface area contributed by atoms with E-state index in [0.29, 0.717) is 10.8 Å². The topological polar surface area (TPSA) is 42.2 Å². The zero-order valence-corrected chi connectivity index (χ0v) is 7.97. The van der Waals surface area contributed by atoms with Crippen molar-refractivity contribution >= 4 is 17.4 Å². The molecule has 0 spiro atoms. The molecule has 0 saturated carbocycles. The van der Waals surface area contributed by atoms with Crippen molar-refractivity contribution in [3.8, 4) is 0 Å². The van der Waals surface area contributed by atoms with Crippen LogP contribution in [0.15, 0.2) is 12.3 Å². The normalized spacial score (nSPS) is 10.7. The number of nitrogens with two attached hydrogens (primary N) is 1. The number of aromatic nitrogens is 1. The number of halogens is 1. The minimum absolute atomic E-state index is 0.399. The van der Waals surface area contributed by atoms with Crippen LogP contribution in [0.4, 0.5) is 5.82 Å². The Morgan fingerprint density at radius 1 is 1.58 bits per heavy atom. The maximum absolute atomic E-state index is 5.92. The van der Waals surface area contributed by atoms with Gasteiger partial charge in [0, 0.05) is 12.7 Å². The molecule has 1 aromatic rings. The van der Waals surface area contributed by atoms with Crippen molar-refractivity contribution in [3.05, 3.63) is 22.8 Å². The van der Waals surface area contributed by atoms with Crippen LogP contribution in [0.5, 0.6) is 0 Å². The highest BCUT2D eigenvalue weighted by Gasteiger charge is 2.04. The second-order valence-electron chi connectivity index (χ2n) is 2.91. The Morgan fingerprint density at radius 3 is 2.83 bits per heavy atom. The van der Waals surface area contributed by atoms with Crippen molar-refractivity contribution in [3.63, 3.8) is 0 Å². The molecule has 0 saturated heterocycles. The second-order valence-corrected chi connectivity index (χ2v) is 3.29. The molecule has 2 N–H and O–H groups in total. The Hall–Kier alpha value is -0.800. The monoisotopic (exact) mass is 185 g/mol. The molecule has 0 atom stereocenters. The van der Waals surface area contributed by atoms with Crippen LogP contribution < -0.4 is 5.73 Å². The molecule has 66 valence electrons. The molecule has 0 bridgehead atoms. The highest BCUT2D eigenvalue weighted by molar-refractivity contribution is 6.33. The van der Waals surface area contributed by atoms with Crippen molar-refractivity contribution in [1.82, 2.24) is 9.88 Å². The largest absolute Gasteiger partial charge is 0.382 e. The lowest BCUT2D eigenvalue weighted by molar-refractivity contribution is 0.402. The van der Waals surface area contributed by atoms with Gasteiger partial charge in [0.25, 0.3) is 0 Å². The van der Waals surface area contributed by atoms with E-state index in [9.17, 15) is 0 Å². The molecular formula is C8H12ClN3. The van der Waals surface area contributed by atoms with Crippen LogP contribution in [-0.2, 0) is 6.54 Å². The van der Waals surface area contributed by atoms with E-state index < -0.39 is 0 Å². The zero-order valence-electron chi connectivity index (χ0n) is 7.21. The molecule has 0 unspecified atom stereocenters. The predicted molar refractivity (Wildman–Crippen MR) is 51.1 cm³/mol. The van der Waals surface area contributed by atoms with Crippen molar-refractivity contribution in [2.45, 2.75) is 6.54 Å². The molecule has 1 rings (SSSR count). The van der Waals surface area contributed by atoms with E-state index in [-0.39, 0.29) is 0 Å². The quantitative estimate of drug-likeness (QED) is 0.757. The molecule has 1 heterocycles. The number of pyridine rings is 1. The highest BCUT2D eigenvalue weighted by Crippen LogP contribution is 2.21. The van der Waals surface area contributed by atoms with Crippen LogP contribution >= 0.6 is 11.6 Å². The summed E-state index contributed by atoms with van der Waals surface area (Å²) in [5, 5.41) is 0.561. The maximum Gasteiger partial charge on any atom is 0.142 e. The maximum atomic E-state index is 5.92. The van der Waals surface area contributed by atoms with Gasteiger partial charge in [-0.15, -0.1) is 0 Å². The predicted octanol–water partition coefficient (Wildman–Crippen LogP) is 1.38. The fourth-order valence-corrected chi connectivity index (χ4v) is 1.14. The van der Waals surface area contributed by atoms with Crippen molar-refractivity contribution in [1.29, 1.82) is 0 Å². The molecule has 0 amide bonds. The van der Waals surface area contributed by atoms with Crippen LogP contribution in [0.3, 0.4) is 0 Å². The summed E-state index contributed by atoms with van der Waals surface area (Å²) in [4.78, 5) is 5.90. The summed E-state index contributed by atoms with van der Waals surface area (Å²) >= 11 is 5.92. The molecule has 0 aliphatic heterocycles. The lowest BCUT2D eigenvalue weighted by atomic mass is 10.2. The fraction of sp³-hybridized carbons (Fsp3) is 0.375. The lowest BCUT2D eigenvalue weighted by Crippen LogP contribution is -2.11. The van der Waals surface area contributed by atoms with E-state index in [1.54, 1.807) is 6.20 Å². The molecule has 4 heteroatoms. The number of nitrogen functional groups attached to an aromatic ring is 1. The number of nitrogens with zero attached hydrogens (tertiary/aromatic N) is 2. The van der Waals surface area contributed by atoms with Gasteiger partial charge in [0.2, 0.25) is 0 Å². The molecule has 3 nitrogen and oxygen atoms in total. The van der Waals surface area contributed by atoms with Gasteiger partial charge in [-0.3, -0.25) is 0 Å². The number of hydrogen-bond acceptors (Lipinski definition) is 3. The first-order chi connectivity index (χ1) is 5.61. The van der Waals surface area contributed by atoms with E-state index in [4.69, 9.17) is 17.3 Å². The second kappa shape index (κ2) is 3.74.